The summed E-state index contributed by atoms with van der Waals surface area (Å²) in [5.41, 5.74) is 0. The molecule has 1 aromatic rings. The first kappa shape index (κ1) is 15.6. The van der Waals surface area contributed by atoms with Crippen LogP contribution >= 0.6 is 27.5 Å². The predicted molar refractivity (Wildman–Crippen MR) is 85.3 cm³/mol. The molecule has 1 aliphatic carbocycles. The lowest BCUT2D eigenvalue weighted by Crippen LogP contribution is -2.30. The molecule has 0 N–H and O–H groups in total. The molecule has 1 heterocycles. The van der Waals surface area contributed by atoms with Crippen LogP contribution in [0.1, 0.15) is 19.3 Å². The van der Waals surface area contributed by atoms with Gasteiger partial charge in [-0.1, -0.05) is 18.0 Å². The molecule has 0 spiro atoms. The predicted octanol–water partition coefficient (Wildman–Crippen LogP) is 3.53. The summed E-state index contributed by atoms with van der Waals surface area (Å²) in [6, 6.07) is 3.10. The van der Waals surface area contributed by atoms with E-state index in [2.05, 4.69) is 15.9 Å². The van der Waals surface area contributed by atoms with E-state index in [1.807, 2.05) is 0 Å². The molecule has 0 aromatic heterocycles. The Labute approximate surface area is 138 Å². The average Bonchev–Trinajstić information content (AvgIpc) is 2.98. The number of rotatable bonds is 3. The van der Waals surface area contributed by atoms with Crippen LogP contribution in [0.4, 0.5) is 0 Å². The zero-order valence-corrected chi connectivity index (χ0v) is 14.8. The van der Waals surface area contributed by atoms with Crippen molar-refractivity contribution in [2.24, 2.45) is 11.8 Å². The lowest BCUT2D eigenvalue weighted by atomic mass is 10.0. The lowest BCUT2D eigenvalue weighted by Gasteiger charge is -2.20. The summed E-state index contributed by atoms with van der Waals surface area (Å²) >= 11 is 9.33. The number of ether oxygens (including phenoxy) is 1. The van der Waals surface area contributed by atoms with Gasteiger partial charge in [-0.2, -0.15) is 4.31 Å². The van der Waals surface area contributed by atoms with Gasteiger partial charge in [-0.25, -0.2) is 8.42 Å². The van der Waals surface area contributed by atoms with Gasteiger partial charge in [0.1, 0.15) is 4.90 Å². The van der Waals surface area contributed by atoms with Gasteiger partial charge in [-0.3, -0.25) is 0 Å². The van der Waals surface area contributed by atoms with Crippen molar-refractivity contribution in [2.45, 2.75) is 24.2 Å². The Balaban J connectivity index is 1.99. The maximum atomic E-state index is 12.9. The number of halogens is 2. The Kier molecular flexibility index (Phi) is 4.25. The minimum atomic E-state index is -3.57. The minimum absolute atomic E-state index is 0.143. The van der Waals surface area contributed by atoms with E-state index >= 15 is 0 Å². The van der Waals surface area contributed by atoms with Gasteiger partial charge in [0.2, 0.25) is 10.0 Å². The highest BCUT2D eigenvalue weighted by molar-refractivity contribution is 9.10. The van der Waals surface area contributed by atoms with Crippen molar-refractivity contribution in [1.29, 1.82) is 0 Å². The largest absolute Gasteiger partial charge is 0.494 e. The van der Waals surface area contributed by atoms with Crippen LogP contribution in [0, 0.1) is 11.8 Å². The van der Waals surface area contributed by atoms with Crippen LogP contribution in [0.3, 0.4) is 0 Å². The number of nitrogens with zero attached hydrogens (tertiary/aromatic N) is 1. The molecule has 1 saturated heterocycles. The van der Waals surface area contributed by atoms with Crippen LogP contribution in [0.2, 0.25) is 5.02 Å². The van der Waals surface area contributed by atoms with E-state index in [0.29, 0.717) is 40.2 Å². The third kappa shape index (κ3) is 2.71. The van der Waals surface area contributed by atoms with Crippen LogP contribution in [0.15, 0.2) is 21.5 Å². The maximum Gasteiger partial charge on any atom is 0.246 e. The first-order chi connectivity index (χ1) is 9.93. The zero-order chi connectivity index (χ0) is 15.2. The van der Waals surface area contributed by atoms with E-state index in [9.17, 15) is 8.42 Å². The second-order valence-electron chi connectivity index (χ2n) is 5.69. The number of hydrogen-bond acceptors (Lipinski definition) is 3. The molecule has 7 heteroatoms. The van der Waals surface area contributed by atoms with Crippen LogP contribution < -0.4 is 4.74 Å². The normalized spacial score (nSPS) is 26.0. The molecule has 1 saturated carbocycles. The molecule has 4 nitrogen and oxygen atoms in total. The number of hydrogen-bond donors (Lipinski definition) is 0. The zero-order valence-electron chi connectivity index (χ0n) is 11.7. The summed E-state index contributed by atoms with van der Waals surface area (Å²) in [5, 5.41) is 0.376. The fraction of sp³-hybridized carbons (Fsp3) is 0.571. The summed E-state index contributed by atoms with van der Waals surface area (Å²) in [6.07, 6.45) is 3.48. The Bertz CT molecular complexity index is 652. The highest BCUT2D eigenvalue weighted by atomic mass is 79.9. The third-order valence-corrected chi connectivity index (χ3v) is 7.13. The molecule has 1 aromatic carbocycles. The SMILES string of the molecule is COc1c(Br)cc(Cl)cc1S(=O)(=O)N1CC2CCCC2C1. The van der Waals surface area contributed by atoms with E-state index in [0.717, 1.165) is 12.8 Å². The second kappa shape index (κ2) is 5.72. The average molecular weight is 395 g/mol. The van der Waals surface area contributed by atoms with Crippen molar-refractivity contribution in [1.82, 2.24) is 4.31 Å². The first-order valence-corrected chi connectivity index (χ1v) is 9.57. The van der Waals surface area contributed by atoms with Crippen LogP contribution in [0.5, 0.6) is 5.75 Å². The molecular weight excluding hydrogens is 378 g/mol. The van der Waals surface area contributed by atoms with Gasteiger partial charge in [0.15, 0.2) is 5.75 Å². The van der Waals surface area contributed by atoms with E-state index < -0.39 is 10.0 Å². The van der Waals surface area contributed by atoms with Crippen molar-refractivity contribution in [3.05, 3.63) is 21.6 Å². The molecule has 116 valence electrons. The van der Waals surface area contributed by atoms with Gasteiger partial charge in [0.05, 0.1) is 11.6 Å². The molecule has 3 rings (SSSR count). The van der Waals surface area contributed by atoms with Gasteiger partial charge >= 0.3 is 0 Å². The number of fused-ring (bicyclic) bond motifs is 1. The van der Waals surface area contributed by atoms with Crippen molar-refractivity contribution in [3.8, 4) is 5.75 Å². The van der Waals surface area contributed by atoms with Crippen LogP contribution in [0.25, 0.3) is 0 Å². The Morgan fingerprint density at radius 3 is 2.48 bits per heavy atom. The number of methoxy groups -OCH3 is 1. The standard InChI is InChI=1S/C14H17BrClNO3S/c1-20-14-12(15)5-11(16)6-13(14)21(18,19)17-7-9-3-2-4-10(9)8-17/h5-6,9-10H,2-4,7-8H2,1H3. The summed E-state index contributed by atoms with van der Waals surface area (Å²) in [5.74, 6) is 1.33. The van der Waals surface area contributed by atoms with Gasteiger partial charge in [-0.05, 0) is 52.7 Å². The van der Waals surface area contributed by atoms with Gasteiger partial charge in [0, 0.05) is 18.1 Å². The van der Waals surface area contributed by atoms with Crippen molar-refractivity contribution >= 4 is 37.6 Å². The van der Waals surface area contributed by atoms with E-state index in [1.54, 1.807) is 10.4 Å². The Hall–Kier alpha value is -0.300. The summed E-state index contributed by atoms with van der Waals surface area (Å²) in [7, 11) is -2.11. The molecule has 2 atom stereocenters. The molecule has 2 fully saturated rings. The fourth-order valence-corrected chi connectivity index (χ4v) is 6.38. The smallest absolute Gasteiger partial charge is 0.246 e. The first-order valence-electron chi connectivity index (χ1n) is 6.96. The lowest BCUT2D eigenvalue weighted by molar-refractivity contribution is 0.393. The molecular formula is C14H17BrClNO3S. The highest BCUT2D eigenvalue weighted by Crippen LogP contribution is 2.42. The van der Waals surface area contributed by atoms with Crippen molar-refractivity contribution in [2.75, 3.05) is 20.2 Å². The summed E-state index contributed by atoms with van der Waals surface area (Å²) < 4.78 is 33.2. The molecule has 0 bridgehead atoms. The third-order valence-electron chi connectivity index (χ3n) is 4.49. The van der Waals surface area contributed by atoms with E-state index in [4.69, 9.17) is 16.3 Å². The van der Waals surface area contributed by atoms with Gasteiger partial charge in [-0.15, -0.1) is 0 Å². The Morgan fingerprint density at radius 2 is 1.90 bits per heavy atom. The summed E-state index contributed by atoms with van der Waals surface area (Å²) in [4.78, 5) is 0.143. The molecule has 0 amide bonds. The van der Waals surface area contributed by atoms with Crippen LogP contribution in [-0.2, 0) is 10.0 Å². The van der Waals surface area contributed by atoms with Crippen molar-refractivity contribution in [3.63, 3.8) is 0 Å². The monoisotopic (exact) mass is 393 g/mol. The topological polar surface area (TPSA) is 46.6 Å². The summed E-state index contributed by atoms with van der Waals surface area (Å²) in [6.45, 7) is 1.22. The maximum absolute atomic E-state index is 12.9. The van der Waals surface area contributed by atoms with Crippen molar-refractivity contribution < 1.29 is 13.2 Å². The number of sulfonamides is 1. The minimum Gasteiger partial charge on any atom is -0.494 e. The highest BCUT2D eigenvalue weighted by Gasteiger charge is 2.42. The van der Waals surface area contributed by atoms with Crippen LogP contribution in [-0.4, -0.2) is 32.9 Å². The second-order valence-corrected chi connectivity index (χ2v) is 8.89. The quantitative estimate of drug-likeness (QED) is 0.788. The molecule has 2 unspecified atom stereocenters. The van der Waals surface area contributed by atoms with E-state index in [-0.39, 0.29) is 4.90 Å². The Morgan fingerprint density at radius 1 is 1.29 bits per heavy atom. The number of benzene rings is 1. The molecule has 2 aliphatic rings. The molecule has 1 aliphatic heterocycles. The van der Waals surface area contributed by atoms with E-state index in [1.165, 1.54) is 19.6 Å². The molecule has 0 radical (unpaired) electrons. The van der Waals surface area contributed by atoms with Gasteiger partial charge < -0.3 is 4.74 Å². The van der Waals surface area contributed by atoms with Gasteiger partial charge in [0.25, 0.3) is 0 Å². The fourth-order valence-electron chi connectivity index (χ4n) is 3.45. The molecule has 21 heavy (non-hydrogen) atoms.